The first-order valence-corrected chi connectivity index (χ1v) is 17.8. The predicted molar refractivity (Wildman–Crippen MR) is 177 cm³/mol. The highest BCUT2D eigenvalue weighted by Crippen LogP contribution is 2.51. The Bertz CT molecular complexity index is 1300. The zero-order valence-electron chi connectivity index (χ0n) is 28.2. The van der Waals surface area contributed by atoms with Crippen LogP contribution in [0.2, 0.25) is 0 Å². The van der Waals surface area contributed by atoms with Crippen LogP contribution in [-0.4, -0.2) is 47.8 Å². The normalized spacial score (nSPS) is 34.5. The largest absolute Gasteiger partial charge is 0.492 e. The van der Waals surface area contributed by atoms with Crippen molar-refractivity contribution in [3.63, 3.8) is 0 Å². The van der Waals surface area contributed by atoms with E-state index in [4.69, 9.17) is 14.2 Å². The summed E-state index contributed by atoms with van der Waals surface area (Å²) in [5, 5.41) is 12.2. The molecule has 6 heteroatoms. The average Bonchev–Trinajstić information content (AvgIpc) is 3.43. The molecule has 6 rings (SSSR count). The molecule has 1 saturated carbocycles. The number of esters is 1. The molecule has 0 spiro atoms. The summed E-state index contributed by atoms with van der Waals surface area (Å²) < 4.78 is 18.0. The SMILES string of the molecule is COC1=C(C)C(=O)O/C1=C1/OC2=CCCN3[C@@H](C[C@H](Cc4ccccc4)C[C@H]3[C@@H](O)C[C@H]3CCCC[C@H]3CCC(C)C)[C@H]2[C@@H]1C. The molecule has 0 amide bonds. The number of methoxy groups -OCH3 is 1. The highest BCUT2D eigenvalue weighted by molar-refractivity contribution is 5.93. The highest BCUT2D eigenvalue weighted by atomic mass is 16.6. The van der Waals surface area contributed by atoms with Crippen LogP contribution in [-0.2, 0) is 25.4 Å². The number of hydrogen-bond acceptors (Lipinski definition) is 6. The van der Waals surface area contributed by atoms with Gasteiger partial charge in [-0.05, 0) is 80.8 Å². The van der Waals surface area contributed by atoms with Gasteiger partial charge in [0, 0.05) is 30.5 Å². The van der Waals surface area contributed by atoms with E-state index < -0.39 is 0 Å². The first kappa shape index (κ1) is 32.4. The standard InChI is InChI=1S/C39H55NO5/c1-24(2)17-18-29-14-9-10-15-30(29)23-33(41)31-21-28(20-27-12-7-6-8-13-27)22-32-35-25(3)37(44-34(35)16-11-19-40(31)32)38-36(43-5)26(4)39(42)45-38/h6-8,12-13,16,24-25,28-33,35,41H,9-11,14-15,17-23H2,1-5H3/b38-37+/t25-,28+,29-,30+,31-,32-,33-,35+/m0/s1. The van der Waals surface area contributed by atoms with Crippen LogP contribution < -0.4 is 0 Å². The number of aliphatic hydroxyl groups is 1. The number of cyclic esters (lactones) is 1. The number of nitrogens with zero attached hydrogens (tertiary/aromatic N) is 1. The highest BCUT2D eigenvalue weighted by Gasteiger charge is 2.51. The number of piperidine rings is 1. The third kappa shape index (κ3) is 6.79. The van der Waals surface area contributed by atoms with E-state index in [1.54, 1.807) is 14.0 Å². The van der Waals surface area contributed by atoms with Gasteiger partial charge in [-0.1, -0.05) is 83.2 Å². The van der Waals surface area contributed by atoms with E-state index in [0.29, 0.717) is 34.7 Å². The molecule has 1 N–H and O–H groups in total. The first-order valence-electron chi connectivity index (χ1n) is 17.8. The van der Waals surface area contributed by atoms with Gasteiger partial charge in [0.25, 0.3) is 0 Å². The molecule has 4 heterocycles. The Kier molecular flexibility index (Phi) is 10.1. The van der Waals surface area contributed by atoms with Gasteiger partial charge in [-0.25, -0.2) is 4.79 Å². The maximum absolute atomic E-state index is 12.5. The molecule has 4 aliphatic heterocycles. The van der Waals surface area contributed by atoms with Gasteiger partial charge >= 0.3 is 5.97 Å². The van der Waals surface area contributed by atoms with Crippen LogP contribution in [0.25, 0.3) is 0 Å². The molecule has 0 bridgehead atoms. The van der Waals surface area contributed by atoms with E-state index in [1.807, 2.05) is 0 Å². The van der Waals surface area contributed by atoms with Gasteiger partial charge in [-0.15, -0.1) is 0 Å². The zero-order valence-corrected chi connectivity index (χ0v) is 28.2. The monoisotopic (exact) mass is 617 g/mol. The molecule has 0 radical (unpaired) electrons. The minimum Gasteiger partial charge on any atom is -0.492 e. The zero-order chi connectivity index (χ0) is 31.7. The summed E-state index contributed by atoms with van der Waals surface area (Å²) in [6.45, 7) is 9.56. The number of benzene rings is 1. The number of hydrogen-bond donors (Lipinski definition) is 1. The number of carbonyl (C=O) groups is 1. The second-order valence-electron chi connectivity index (χ2n) is 15.0. The van der Waals surface area contributed by atoms with Gasteiger partial charge in [0.05, 0.1) is 18.8 Å². The van der Waals surface area contributed by atoms with Crippen molar-refractivity contribution in [2.75, 3.05) is 13.7 Å². The number of aliphatic hydroxyl groups excluding tert-OH is 1. The number of ether oxygens (including phenoxy) is 3. The molecule has 0 aromatic heterocycles. The molecule has 8 atom stereocenters. The number of carbonyl (C=O) groups excluding carboxylic acids is 1. The summed E-state index contributed by atoms with van der Waals surface area (Å²) in [6, 6.07) is 11.2. The summed E-state index contributed by atoms with van der Waals surface area (Å²) in [4.78, 5) is 15.2. The summed E-state index contributed by atoms with van der Waals surface area (Å²) in [5.41, 5.74) is 1.85. The molecular formula is C39H55NO5. The van der Waals surface area contributed by atoms with Gasteiger partial charge in [-0.2, -0.15) is 0 Å². The van der Waals surface area contributed by atoms with Crippen molar-refractivity contribution in [2.24, 2.45) is 35.5 Å². The molecule has 5 aliphatic rings. The van der Waals surface area contributed by atoms with Crippen LogP contribution >= 0.6 is 0 Å². The van der Waals surface area contributed by atoms with E-state index in [0.717, 1.165) is 56.2 Å². The number of rotatable bonds is 9. The van der Waals surface area contributed by atoms with Crippen LogP contribution in [0.1, 0.15) is 97.5 Å². The average molecular weight is 618 g/mol. The van der Waals surface area contributed by atoms with Gasteiger partial charge in [0.2, 0.25) is 5.76 Å². The Labute approximate surface area is 270 Å². The van der Waals surface area contributed by atoms with E-state index in [9.17, 15) is 9.90 Å². The Morgan fingerprint density at radius 3 is 2.56 bits per heavy atom. The molecular weight excluding hydrogens is 562 g/mol. The molecule has 3 fully saturated rings. The van der Waals surface area contributed by atoms with Crippen molar-refractivity contribution in [3.8, 4) is 0 Å². The van der Waals surface area contributed by atoms with Crippen molar-refractivity contribution in [2.45, 2.75) is 117 Å². The smallest absolute Gasteiger partial charge is 0.343 e. The maximum atomic E-state index is 12.5. The van der Waals surface area contributed by atoms with Crippen LogP contribution in [0.4, 0.5) is 0 Å². The lowest BCUT2D eigenvalue weighted by atomic mass is 9.70. The van der Waals surface area contributed by atoms with Crippen molar-refractivity contribution in [3.05, 3.63) is 70.6 Å². The van der Waals surface area contributed by atoms with Crippen LogP contribution in [0.3, 0.4) is 0 Å². The Balaban J connectivity index is 1.29. The molecule has 6 nitrogen and oxygen atoms in total. The van der Waals surface area contributed by atoms with E-state index in [-0.39, 0.29) is 36.0 Å². The van der Waals surface area contributed by atoms with E-state index in [1.165, 1.54) is 44.1 Å². The van der Waals surface area contributed by atoms with Gasteiger partial charge in [-0.3, -0.25) is 4.90 Å². The quantitative estimate of drug-likeness (QED) is 0.284. The molecule has 2 saturated heterocycles. The van der Waals surface area contributed by atoms with Crippen molar-refractivity contribution in [1.29, 1.82) is 0 Å². The van der Waals surface area contributed by atoms with Crippen LogP contribution in [0.5, 0.6) is 0 Å². The van der Waals surface area contributed by atoms with Gasteiger partial charge in [0.1, 0.15) is 5.76 Å². The van der Waals surface area contributed by atoms with Crippen molar-refractivity contribution < 1.29 is 24.1 Å². The minimum atomic E-state index is -0.369. The Morgan fingerprint density at radius 2 is 1.82 bits per heavy atom. The fraction of sp³-hybridized carbons (Fsp3) is 0.667. The fourth-order valence-corrected chi connectivity index (χ4v) is 9.36. The van der Waals surface area contributed by atoms with Crippen LogP contribution in [0, 0.1) is 35.5 Å². The second kappa shape index (κ2) is 14.0. The fourth-order valence-electron chi connectivity index (χ4n) is 9.36. The summed E-state index contributed by atoms with van der Waals surface area (Å²) in [5.74, 6) is 4.96. The summed E-state index contributed by atoms with van der Waals surface area (Å²) in [7, 11) is 1.58. The van der Waals surface area contributed by atoms with Crippen molar-refractivity contribution in [1.82, 2.24) is 4.90 Å². The third-order valence-corrected chi connectivity index (χ3v) is 11.7. The van der Waals surface area contributed by atoms with E-state index >= 15 is 0 Å². The van der Waals surface area contributed by atoms with Crippen LogP contribution in [0.15, 0.2) is 65.0 Å². The summed E-state index contributed by atoms with van der Waals surface area (Å²) in [6.07, 6.45) is 14.6. The molecule has 1 aromatic rings. The topological polar surface area (TPSA) is 68.2 Å². The third-order valence-electron chi connectivity index (χ3n) is 11.7. The molecule has 1 aliphatic carbocycles. The van der Waals surface area contributed by atoms with Gasteiger partial charge < -0.3 is 19.3 Å². The summed E-state index contributed by atoms with van der Waals surface area (Å²) >= 11 is 0. The maximum Gasteiger partial charge on any atom is 0.343 e. The molecule has 0 unspecified atom stereocenters. The lowest BCUT2D eigenvalue weighted by molar-refractivity contribution is -0.133. The Morgan fingerprint density at radius 1 is 1.07 bits per heavy atom. The minimum absolute atomic E-state index is 0.0210. The Hall–Kier alpha value is -2.57. The number of fused-ring (bicyclic) bond motifs is 3. The lowest BCUT2D eigenvalue weighted by Crippen LogP contribution is -2.57. The first-order chi connectivity index (χ1) is 21.7. The lowest BCUT2D eigenvalue weighted by Gasteiger charge is -2.49. The molecule has 45 heavy (non-hydrogen) atoms. The second-order valence-corrected chi connectivity index (χ2v) is 15.0. The molecule has 246 valence electrons. The van der Waals surface area contributed by atoms with Crippen molar-refractivity contribution >= 4 is 5.97 Å². The predicted octanol–water partition coefficient (Wildman–Crippen LogP) is 7.93. The molecule has 1 aromatic carbocycles. The number of allylic oxidation sites excluding steroid dienone is 1. The van der Waals surface area contributed by atoms with Gasteiger partial charge in [0.15, 0.2) is 11.5 Å². The van der Waals surface area contributed by atoms with E-state index in [2.05, 4.69) is 62.1 Å².